The first-order chi connectivity index (χ1) is 11.5. The first-order valence-corrected chi connectivity index (χ1v) is 8.84. The molecule has 5 nitrogen and oxygen atoms in total. The van der Waals surface area contributed by atoms with Crippen molar-refractivity contribution >= 4 is 35.8 Å². The molecule has 0 saturated carbocycles. The van der Waals surface area contributed by atoms with Crippen LogP contribution in [0.4, 0.5) is 0 Å². The van der Waals surface area contributed by atoms with Gasteiger partial charge in [-0.05, 0) is 32.3 Å². The Morgan fingerprint density at radius 2 is 1.80 bits per heavy atom. The van der Waals surface area contributed by atoms with Crippen molar-refractivity contribution in [1.29, 1.82) is 0 Å². The number of hydrogen-bond donors (Lipinski definition) is 2. The highest BCUT2D eigenvalue weighted by atomic mass is 127. The van der Waals surface area contributed by atoms with Crippen LogP contribution in [0.15, 0.2) is 35.3 Å². The summed E-state index contributed by atoms with van der Waals surface area (Å²) in [5.74, 6) is 1.23. The second-order valence-corrected chi connectivity index (χ2v) is 6.27. The Hall–Kier alpha value is -1.31. The normalized spacial score (nSPS) is 12.3. The Labute approximate surface area is 169 Å². The van der Waals surface area contributed by atoms with Crippen molar-refractivity contribution in [3.63, 3.8) is 0 Å². The standard InChI is InChI=1S/C19H32N4O.HI/c1-6-20-19(22-16(5)15(3)4)21-13-18(24)23(7-2)14-17-11-9-8-10-12-17;/h8-12,15-16H,6-7,13-14H2,1-5H3,(H2,20,21,22);1H. The van der Waals surface area contributed by atoms with Crippen molar-refractivity contribution in [2.24, 2.45) is 10.9 Å². The number of halogens is 1. The molecular formula is C19H33IN4O. The number of carbonyl (C=O) groups excluding carboxylic acids is 1. The van der Waals surface area contributed by atoms with Gasteiger partial charge < -0.3 is 15.5 Å². The topological polar surface area (TPSA) is 56.7 Å². The number of hydrogen-bond acceptors (Lipinski definition) is 2. The first-order valence-electron chi connectivity index (χ1n) is 8.84. The Morgan fingerprint density at radius 1 is 1.16 bits per heavy atom. The number of guanidine groups is 1. The summed E-state index contributed by atoms with van der Waals surface area (Å²) in [5, 5.41) is 6.55. The van der Waals surface area contributed by atoms with Crippen LogP contribution < -0.4 is 10.6 Å². The molecule has 0 fully saturated rings. The van der Waals surface area contributed by atoms with E-state index in [-0.39, 0.29) is 36.4 Å². The van der Waals surface area contributed by atoms with Gasteiger partial charge in [-0.25, -0.2) is 4.99 Å². The molecule has 2 N–H and O–H groups in total. The highest BCUT2D eigenvalue weighted by molar-refractivity contribution is 14.0. The SMILES string of the molecule is CCNC(=NCC(=O)N(CC)Cc1ccccc1)NC(C)C(C)C.I. The van der Waals surface area contributed by atoms with E-state index in [2.05, 4.69) is 36.4 Å². The van der Waals surface area contributed by atoms with Crippen molar-refractivity contribution in [1.82, 2.24) is 15.5 Å². The summed E-state index contributed by atoms with van der Waals surface area (Å²) in [4.78, 5) is 18.7. The third kappa shape index (κ3) is 9.09. The second kappa shape index (κ2) is 13.0. The number of benzene rings is 1. The van der Waals surface area contributed by atoms with Crippen LogP contribution in [0, 0.1) is 5.92 Å². The third-order valence-corrected chi connectivity index (χ3v) is 4.03. The van der Waals surface area contributed by atoms with E-state index in [1.165, 1.54) is 0 Å². The average molecular weight is 460 g/mol. The summed E-state index contributed by atoms with van der Waals surface area (Å²) in [5.41, 5.74) is 1.13. The summed E-state index contributed by atoms with van der Waals surface area (Å²) < 4.78 is 0. The van der Waals surface area contributed by atoms with Crippen molar-refractivity contribution in [2.45, 2.75) is 47.2 Å². The first kappa shape index (κ1) is 23.7. The molecule has 1 aromatic rings. The zero-order valence-corrected chi connectivity index (χ0v) is 18.4. The summed E-state index contributed by atoms with van der Waals surface area (Å²) in [6, 6.07) is 10.3. The zero-order chi connectivity index (χ0) is 17.9. The molecule has 1 atom stereocenters. The molecule has 1 unspecified atom stereocenters. The Balaban J connectivity index is 0.00000576. The molecule has 0 bridgehead atoms. The molecule has 0 saturated heterocycles. The molecule has 1 aromatic carbocycles. The predicted octanol–water partition coefficient (Wildman–Crippen LogP) is 3.25. The quantitative estimate of drug-likeness (QED) is 0.356. The van der Waals surface area contributed by atoms with Crippen LogP contribution in [0.2, 0.25) is 0 Å². The monoisotopic (exact) mass is 460 g/mol. The summed E-state index contributed by atoms with van der Waals surface area (Å²) in [6.07, 6.45) is 0. The van der Waals surface area contributed by atoms with Crippen LogP contribution in [0.3, 0.4) is 0 Å². The van der Waals surface area contributed by atoms with E-state index in [0.717, 1.165) is 12.1 Å². The molecule has 0 radical (unpaired) electrons. The third-order valence-electron chi connectivity index (χ3n) is 4.03. The van der Waals surface area contributed by atoms with E-state index in [0.29, 0.717) is 31.0 Å². The maximum absolute atomic E-state index is 12.5. The average Bonchev–Trinajstić information content (AvgIpc) is 2.58. The smallest absolute Gasteiger partial charge is 0.244 e. The van der Waals surface area contributed by atoms with Gasteiger partial charge in [-0.3, -0.25) is 4.79 Å². The fraction of sp³-hybridized carbons (Fsp3) is 0.579. The van der Waals surface area contributed by atoms with Gasteiger partial charge in [0.05, 0.1) is 0 Å². The van der Waals surface area contributed by atoms with Gasteiger partial charge in [-0.15, -0.1) is 24.0 Å². The maximum atomic E-state index is 12.5. The Morgan fingerprint density at radius 3 is 2.32 bits per heavy atom. The molecule has 0 aliphatic carbocycles. The van der Waals surface area contributed by atoms with Crippen molar-refractivity contribution < 1.29 is 4.79 Å². The fourth-order valence-electron chi connectivity index (χ4n) is 2.13. The minimum absolute atomic E-state index is 0. The lowest BCUT2D eigenvalue weighted by molar-refractivity contribution is -0.130. The number of nitrogens with one attached hydrogen (secondary N) is 2. The van der Waals surface area contributed by atoms with E-state index in [1.807, 2.05) is 49.1 Å². The van der Waals surface area contributed by atoms with E-state index < -0.39 is 0 Å². The van der Waals surface area contributed by atoms with Gasteiger partial charge >= 0.3 is 0 Å². The minimum atomic E-state index is 0. The van der Waals surface area contributed by atoms with Crippen LogP contribution in [0.25, 0.3) is 0 Å². The van der Waals surface area contributed by atoms with E-state index in [9.17, 15) is 4.79 Å². The molecule has 142 valence electrons. The number of aliphatic imine (C=N–C) groups is 1. The molecule has 0 spiro atoms. The molecule has 1 amide bonds. The van der Waals surface area contributed by atoms with E-state index >= 15 is 0 Å². The lowest BCUT2D eigenvalue weighted by atomic mass is 10.1. The summed E-state index contributed by atoms with van der Waals surface area (Å²) in [6.45, 7) is 12.7. The van der Waals surface area contributed by atoms with Crippen LogP contribution in [-0.2, 0) is 11.3 Å². The van der Waals surface area contributed by atoms with Crippen LogP contribution in [0.5, 0.6) is 0 Å². The maximum Gasteiger partial charge on any atom is 0.244 e. The van der Waals surface area contributed by atoms with Gasteiger partial charge in [0.25, 0.3) is 0 Å². The zero-order valence-electron chi connectivity index (χ0n) is 16.1. The summed E-state index contributed by atoms with van der Waals surface area (Å²) in [7, 11) is 0. The van der Waals surface area contributed by atoms with E-state index in [4.69, 9.17) is 0 Å². The van der Waals surface area contributed by atoms with Gasteiger partial charge in [0.15, 0.2) is 5.96 Å². The number of amides is 1. The largest absolute Gasteiger partial charge is 0.357 e. The number of carbonyl (C=O) groups is 1. The van der Waals surface area contributed by atoms with Gasteiger partial charge in [0.2, 0.25) is 5.91 Å². The Kier molecular flexibility index (Phi) is 12.3. The highest BCUT2D eigenvalue weighted by Gasteiger charge is 2.13. The highest BCUT2D eigenvalue weighted by Crippen LogP contribution is 2.05. The van der Waals surface area contributed by atoms with Crippen molar-refractivity contribution in [3.05, 3.63) is 35.9 Å². The van der Waals surface area contributed by atoms with Crippen LogP contribution in [-0.4, -0.2) is 42.4 Å². The van der Waals surface area contributed by atoms with Gasteiger partial charge in [-0.2, -0.15) is 0 Å². The van der Waals surface area contributed by atoms with Crippen molar-refractivity contribution in [3.8, 4) is 0 Å². The molecule has 0 aromatic heterocycles. The van der Waals surface area contributed by atoms with Crippen LogP contribution in [0.1, 0.15) is 40.2 Å². The predicted molar refractivity (Wildman–Crippen MR) is 116 cm³/mol. The minimum Gasteiger partial charge on any atom is -0.357 e. The number of nitrogens with zero attached hydrogens (tertiary/aromatic N) is 2. The Bertz CT molecular complexity index is 519. The molecule has 0 aliphatic heterocycles. The van der Waals surface area contributed by atoms with Crippen molar-refractivity contribution in [2.75, 3.05) is 19.6 Å². The summed E-state index contributed by atoms with van der Waals surface area (Å²) >= 11 is 0. The molecule has 0 aliphatic rings. The lowest BCUT2D eigenvalue weighted by Crippen LogP contribution is -2.45. The molecule has 1 rings (SSSR count). The van der Waals surface area contributed by atoms with Crippen LogP contribution >= 0.6 is 24.0 Å². The second-order valence-electron chi connectivity index (χ2n) is 6.27. The molecule has 25 heavy (non-hydrogen) atoms. The number of likely N-dealkylation sites (N-methyl/N-ethyl adjacent to an activating group) is 1. The van der Waals surface area contributed by atoms with Gasteiger partial charge in [-0.1, -0.05) is 44.2 Å². The van der Waals surface area contributed by atoms with Gasteiger partial charge in [0, 0.05) is 25.7 Å². The molecule has 6 heteroatoms. The molecular weight excluding hydrogens is 427 g/mol. The fourth-order valence-corrected chi connectivity index (χ4v) is 2.13. The number of rotatable bonds is 8. The molecule has 0 heterocycles. The van der Waals surface area contributed by atoms with Gasteiger partial charge in [0.1, 0.15) is 6.54 Å². The lowest BCUT2D eigenvalue weighted by Gasteiger charge is -2.22. The van der Waals surface area contributed by atoms with E-state index in [1.54, 1.807) is 0 Å².